The fraction of sp³-hybridized carbons (Fsp3) is 0. The van der Waals surface area contributed by atoms with Gasteiger partial charge in [0, 0.05) is 11.6 Å². The molecule has 2 aromatic heterocycles. The zero-order valence-corrected chi connectivity index (χ0v) is 9.19. The predicted octanol–water partition coefficient (Wildman–Crippen LogP) is 1.49. The third kappa shape index (κ3) is 1.60. The van der Waals surface area contributed by atoms with Crippen molar-refractivity contribution in [2.24, 2.45) is 0 Å². The van der Waals surface area contributed by atoms with Crippen molar-refractivity contribution in [2.75, 3.05) is 0 Å². The van der Waals surface area contributed by atoms with Gasteiger partial charge in [0.2, 0.25) is 5.82 Å². The minimum absolute atomic E-state index is 0.142. The Kier molecular flexibility index (Phi) is 2.26. The van der Waals surface area contributed by atoms with Crippen LogP contribution in [0.1, 0.15) is 10.6 Å². The molecule has 3 rings (SSSR count). The lowest BCUT2D eigenvalue weighted by Gasteiger charge is -2.00. The largest absolute Gasteiger partial charge is 0.475 e. The van der Waals surface area contributed by atoms with E-state index in [1.54, 1.807) is 6.07 Å². The highest BCUT2D eigenvalue weighted by Crippen LogP contribution is 2.17. The average molecular weight is 240 g/mol. The van der Waals surface area contributed by atoms with Crippen LogP contribution in [0, 0.1) is 0 Å². The molecular weight excluding hydrogens is 232 g/mol. The molecule has 0 radical (unpaired) electrons. The van der Waals surface area contributed by atoms with Crippen LogP contribution in [0.5, 0.6) is 0 Å². The normalized spacial score (nSPS) is 10.7. The van der Waals surface area contributed by atoms with Crippen LogP contribution in [0.15, 0.2) is 42.7 Å². The predicted molar refractivity (Wildman–Crippen MR) is 63.2 cm³/mol. The fourth-order valence-corrected chi connectivity index (χ4v) is 1.71. The monoisotopic (exact) mass is 240 g/mol. The zero-order valence-electron chi connectivity index (χ0n) is 9.19. The minimum Gasteiger partial charge on any atom is -0.475 e. The van der Waals surface area contributed by atoms with Gasteiger partial charge in [0.25, 0.3) is 0 Å². The molecule has 0 aliphatic rings. The van der Waals surface area contributed by atoms with E-state index >= 15 is 0 Å². The third-order valence-electron chi connectivity index (χ3n) is 2.56. The molecule has 0 amide bonds. The van der Waals surface area contributed by atoms with Crippen molar-refractivity contribution in [2.45, 2.75) is 0 Å². The molecule has 0 saturated heterocycles. The maximum absolute atomic E-state index is 10.9. The Hall–Kier alpha value is -2.76. The Bertz CT molecular complexity index is 721. The van der Waals surface area contributed by atoms with Gasteiger partial charge in [0.15, 0.2) is 5.65 Å². The first-order chi connectivity index (χ1) is 8.75. The lowest BCUT2D eigenvalue weighted by atomic mass is 10.1. The molecule has 6 nitrogen and oxygen atoms in total. The summed E-state index contributed by atoms with van der Waals surface area (Å²) in [7, 11) is 0. The molecule has 6 heteroatoms. The van der Waals surface area contributed by atoms with Gasteiger partial charge >= 0.3 is 5.97 Å². The van der Waals surface area contributed by atoms with E-state index in [0.29, 0.717) is 5.65 Å². The van der Waals surface area contributed by atoms with Gasteiger partial charge in [-0.15, -0.1) is 10.2 Å². The van der Waals surface area contributed by atoms with Crippen molar-refractivity contribution >= 4 is 11.6 Å². The van der Waals surface area contributed by atoms with Gasteiger partial charge in [-0.05, 0) is 0 Å². The summed E-state index contributed by atoms with van der Waals surface area (Å²) in [6.45, 7) is 0. The molecule has 2 heterocycles. The van der Waals surface area contributed by atoms with Gasteiger partial charge in [-0.3, -0.25) is 4.40 Å². The maximum atomic E-state index is 10.9. The van der Waals surface area contributed by atoms with E-state index in [4.69, 9.17) is 5.11 Å². The SMILES string of the molecule is O=C(O)c1nnc2cc(-c3ccccc3)ncn12. The zero-order chi connectivity index (χ0) is 12.5. The number of aromatic nitrogens is 4. The van der Waals surface area contributed by atoms with Gasteiger partial charge in [-0.2, -0.15) is 0 Å². The number of hydrogen-bond acceptors (Lipinski definition) is 4. The average Bonchev–Trinajstić information content (AvgIpc) is 2.82. The summed E-state index contributed by atoms with van der Waals surface area (Å²) in [5.41, 5.74) is 2.13. The highest BCUT2D eigenvalue weighted by molar-refractivity contribution is 5.84. The second-order valence-corrected chi connectivity index (χ2v) is 3.70. The lowest BCUT2D eigenvalue weighted by Crippen LogP contribution is -2.04. The van der Waals surface area contributed by atoms with Crippen LogP contribution in [0.4, 0.5) is 0 Å². The number of carboxylic acid groups (broad SMARTS) is 1. The molecule has 0 saturated carbocycles. The Morgan fingerprint density at radius 2 is 1.94 bits per heavy atom. The first kappa shape index (κ1) is 10.4. The Morgan fingerprint density at radius 1 is 1.17 bits per heavy atom. The molecule has 1 N–H and O–H groups in total. The molecular formula is C12H8N4O2. The third-order valence-corrected chi connectivity index (χ3v) is 2.56. The highest BCUT2D eigenvalue weighted by atomic mass is 16.4. The van der Waals surface area contributed by atoms with Crippen LogP contribution in [0.2, 0.25) is 0 Å². The molecule has 0 unspecified atom stereocenters. The second kappa shape index (κ2) is 3.92. The number of hydrogen-bond donors (Lipinski definition) is 1. The van der Waals surface area contributed by atoms with Gasteiger partial charge < -0.3 is 5.11 Å². The van der Waals surface area contributed by atoms with Crippen molar-refractivity contribution in [1.82, 2.24) is 19.6 Å². The lowest BCUT2D eigenvalue weighted by molar-refractivity contribution is 0.0682. The van der Waals surface area contributed by atoms with Gasteiger partial charge in [0.05, 0.1) is 5.69 Å². The smallest absolute Gasteiger partial charge is 0.374 e. The van der Waals surface area contributed by atoms with Crippen molar-refractivity contribution in [3.8, 4) is 11.3 Å². The summed E-state index contributed by atoms with van der Waals surface area (Å²) in [4.78, 5) is 15.1. The van der Waals surface area contributed by atoms with Crippen molar-refractivity contribution in [3.05, 3.63) is 48.5 Å². The van der Waals surface area contributed by atoms with Crippen LogP contribution in [0.25, 0.3) is 16.9 Å². The molecule has 1 aromatic carbocycles. The highest BCUT2D eigenvalue weighted by Gasteiger charge is 2.13. The molecule has 0 aliphatic heterocycles. The number of rotatable bonds is 2. The number of nitrogens with zero attached hydrogens (tertiary/aromatic N) is 4. The van der Waals surface area contributed by atoms with Gasteiger partial charge in [-0.1, -0.05) is 30.3 Å². The minimum atomic E-state index is -1.13. The molecule has 0 fully saturated rings. The van der Waals surface area contributed by atoms with E-state index in [1.165, 1.54) is 10.7 Å². The number of aromatic carboxylic acids is 1. The van der Waals surface area contributed by atoms with E-state index in [2.05, 4.69) is 15.2 Å². The molecule has 88 valence electrons. The van der Waals surface area contributed by atoms with E-state index in [0.717, 1.165) is 11.3 Å². The number of fused-ring (bicyclic) bond motifs is 1. The summed E-state index contributed by atoms with van der Waals surface area (Å²) in [6, 6.07) is 11.3. The van der Waals surface area contributed by atoms with Crippen LogP contribution in [-0.4, -0.2) is 30.7 Å². The summed E-state index contributed by atoms with van der Waals surface area (Å²) >= 11 is 0. The van der Waals surface area contributed by atoms with Crippen molar-refractivity contribution in [1.29, 1.82) is 0 Å². The van der Waals surface area contributed by atoms with Gasteiger partial charge in [0.1, 0.15) is 6.33 Å². The van der Waals surface area contributed by atoms with E-state index in [-0.39, 0.29) is 5.82 Å². The fourth-order valence-electron chi connectivity index (χ4n) is 1.71. The summed E-state index contributed by atoms with van der Waals surface area (Å²) in [5, 5.41) is 16.3. The molecule has 0 atom stereocenters. The Balaban J connectivity index is 2.16. The van der Waals surface area contributed by atoms with Gasteiger partial charge in [-0.25, -0.2) is 9.78 Å². The van der Waals surface area contributed by atoms with E-state index in [9.17, 15) is 4.79 Å². The number of carbonyl (C=O) groups is 1. The molecule has 3 aromatic rings. The first-order valence-corrected chi connectivity index (χ1v) is 5.25. The van der Waals surface area contributed by atoms with E-state index < -0.39 is 5.97 Å². The number of benzene rings is 1. The van der Waals surface area contributed by atoms with Crippen LogP contribution < -0.4 is 0 Å². The van der Waals surface area contributed by atoms with E-state index in [1.807, 2.05) is 30.3 Å². The Morgan fingerprint density at radius 3 is 2.67 bits per heavy atom. The molecule has 0 bridgehead atoms. The molecule has 18 heavy (non-hydrogen) atoms. The van der Waals surface area contributed by atoms with Crippen LogP contribution in [0.3, 0.4) is 0 Å². The summed E-state index contributed by atoms with van der Waals surface area (Å²) in [6.07, 6.45) is 1.42. The van der Waals surface area contributed by atoms with Crippen LogP contribution in [-0.2, 0) is 0 Å². The quantitative estimate of drug-likeness (QED) is 0.734. The molecule has 0 aliphatic carbocycles. The molecule has 0 spiro atoms. The first-order valence-electron chi connectivity index (χ1n) is 5.25. The summed E-state index contributed by atoms with van der Waals surface area (Å²) < 4.78 is 1.34. The second-order valence-electron chi connectivity index (χ2n) is 3.70. The van der Waals surface area contributed by atoms with Crippen LogP contribution >= 0.6 is 0 Å². The number of carboxylic acids is 1. The standard InChI is InChI=1S/C12H8N4O2/c17-12(18)11-15-14-10-6-9(13-7-16(10)11)8-4-2-1-3-5-8/h1-7H,(H,17,18). The summed E-state index contributed by atoms with van der Waals surface area (Å²) in [5.74, 6) is -1.27. The van der Waals surface area contributed by atoms with Crippen molar-refractivity contribution < 1.29 is 9.90 Å². The van der Waals surface area contributed by atoms with Crippen molar-refractivity contribution in [3.63, 3.8) is 0 Å². The Labute approximate surface area is 102 Å². The topological polar surface area (TPSA) is 80.4 Å². The maximum Gasteiger partial charge on any atom is 0.374 e.